The van der Waals surface area contributed by atoms with E-state index < -0.39 is 0 Å². The minimum absolute atomic E-state index is 0.00478. The van der Waals surface area contributed by atoms with Crippen molar-refractivity contribution in [1.29, 1.82) is 0 Å². The zero-order chi connectivity index (χ0) is 21.4. The molecule has 5 rings (SSSR count). The van der Waals surface area contributed by atoms with Gasteiger partial charge in [-0.2, -0.15) is 0 Å². The molecule has 2 aromatic carbocycles. The molecule has 1 saturated heterocycles. The van der Waals surface area contributed by atoms with E-state index >= 15 is 0 Å². The molecule has 1 spiro atoms. The Hall–Kier alpha value is -2.33. The molecule has 0 amide bonds. The van der Waals surface area contributed by atoms with E-state index in [1.54, 1.807) is 0 Å². The molecule has 2 atom stereocenters. The minimum Gasteiger partial charge on any atom is -0.508 e. The van der Waals surface area contributed by atoms with Crippen LogP contribution in [0.15, 0.2) is 42.5 Å². The maximum absolute atomic E-state index is 11.1. The highest BCUT2D eigenvalue weighted by Gasteiger charge is 2.48. The Balaban J connectivity index is 1.49. The highest BCUT2D eigenvalue weighted by Crippen LogP contribution is 2.54. The molecule has 2 aliphatic heterocycles. The lowest BCUT2D eigenvalue weighted by atomic mass is 9.67. The first-order valence-corrected chi connectivity index (χ1v) is 11.9. The van der Waals surface area contributed by atoms with Crippen LogP contribution in [-0.4, -0.2) is 30.1 Å². The predicted molar refractivity (Wildman–Crippen MR) is 123 cm³/mol. The number of carbonyl (C=O) groups is 1. The molecule has 0 bridgehead atoms. The second kappa shape index (κ2) is 8.31. The number of anilines is 1. The molecule has 164 valence electrons. The number of phenolic OH excluding ortho intramolecular Hbond substituents is 1. The number of nitrogens with zero attached hydrogens (tertiary/aromatic N) is 1. The van der Waals surface area contributed by atoms with Crippen molar-refractivity contribution < 1.29 is 14.6 Å². The molecular formula is C27H33NO3. The second-order valence-electron chi connectivity index (χ2n) is 9.68. The van der Waals surface area contributed by atoms with Crippen molar-refractivity contribution in [3.05, 3.63) is 59.2 Å². The third kappa shape index (κ3) is 3.76. The van der Waals surface area contributed by atoms with Crippen molar-refractivity contribution >= 4 is 12.0 Å². The molecule has 31 heavy (non-hydrogen) atoms. The average molecular weight is 420 g/mol. The first-order chi connectivity index (χ1) is 15.1. The Morgan fingerprint density at radius 3 is 2.39 bits per heavy atom. The molecule has 1 saturated carbocycles. The molecule has 4 heteroatoms. The number of ether oxygens (including phenoxy) is 1. The molecule has 3 aliphatic rings. The lowest BCUT2D eigenvalue weighted by Gasteiger charge is -2.50. The quantitative estimate of drug-likeness (QED) is 0.645. The van der Waals surface area contributed by atoms with Crippen LogP contribution in [-0.2, 0) is 9.53 Å². The smallest absolute Gasteiger partial charge is 0.123 e. The van der Waals surface area contributed by atoms with E-state index in [4.69, 9.17) is 4.74 Å². The van der Waals surface area contributed by atoms with E-state index in [1.807, 2.05) is 12.1 Å². The first-order valence-electron chi connectivity index (χ1n) is 11.9. The maximum atomic E-state index is 11.1. The molecule has 4 nitrogen and oxygen atoms in total. The fourth-order valence-electron chi connectivity index (χ4n) is 6.16. The van der Waals surface area contributed by atoms with E-state index in [-0.39, 0.29) is 23.5 Å². The van der Waals surface area contributed by atoms with Gasteiger partial charge in [0.05, 0.1) is 11.7 Å². The number of rotatable bonds is 3. The number of fused-ring (bicyclic) bond motifs is 1. The molecule has 0 radical (unpaired) electrons. The summed E-state index contributed by atoms with van der Waals surface area (Å²) in [7, 11) is 0. The van der Waals surface area contributed by atoms with Gasteiger partial charge in [-0.3, -0.25) is 0 Å². The van der Waals surface area contributed by atoms with Crippen LogP contribution in [0.4, 0.5) is 5.69 Å². The summed E-state index contributed by atoms with van der Waals surface area (Å²) in [5.74, 6) is 0.715. The molecular weight excluding hydrogens is 386 g/mol. The van der Waals surface area contributed by atoms with Crippen LogP contribution in [0.2, 0.25) is 0 Å². The number of benzene rings is 2. The van der Waals surface area contributed by atoms with Gasteiger partial charge in [0.2, 0.25) is 0 Å². The number of aldehydes is 1. The number of piperidine rings is 1. The first kappa shape index (κ1) is 20.6. The summed E-state index contributed by atoms with van der Waals surface area (Å²) in [5.41, 5.74) is 4.79. The summed E-state index contributed by atoms with van der Waals surface area (Å²) in [6, 6.07) is 14.9. The van der Waals surface area contributed by atoms with Crippen molar-refractivity contribution in [2.24, 2.45) is 5.92 Å². The van der Waals surface area contributed by atoms with Gasteiger partial charge in [0.1, 0.15) is 12.0 Å². The summed E-state index contributed by atoms with van der Waals surface area (Å²) >= 11 is 0. The monoisotopic (exact) mass is 419 g/mol. The van der Waals surface area contributed by atoms with Crippen LogP contribution in [0.1, 0.15) is 80.6 Å². The molecule has 1 N–H and O–H groups in total. The van der Waals surface area contributed by atoms with Gasteiger partial charge >= 0.3 is 0 Å². The molecule has 0 aromatic heterocycles. The number of aromatic hydroxyl groups is 1. The summed E-state index contributed by atoms with van der Waals surface area (Å²) in [5, 5.41) is 10.1. The van der Waals surface area contributed by atoms with E-state index in [0.29, 0.717) is 5.75 Å². The Morgan fingerprint density at radius 2 is 1.71 bits per heavy atom. The summed E-state index contributed by atoms with van der Waals surface area (Å²) in [6.07, 6.45) is 8.87. The lowest BCUT2D eigenvalue weighted by molar-refractivity contribution is -0.130. The van der Waals surface area contributed by atoms with Crippen LogP contribution < -0.4 is 4.90 Å². The van der Waals surface area contributed by atoms with E-state index in [0.717, 1.165) is 50.6 Å². The van der Waals surface area contributed by atoms with Crippen LogP contribution >= 0.6 is 0 Å². The fourth-order valence-corrected chi connectivity index (χ4v) is 6.16. The van der Waals surface area contributed by atoms with Gasteiger partial charge in [-0.1, -0.05) is 37.5 Å². The maximum Gasteiger partial charge on any atom is 0.123 e. The Kier molecular flexibility index (Phi) is 5.51. The zero-order valence-electron chi connectivity index (χ0n) is 18.4. The lowest BCUT2D eigenvalue weighted by Crippen LogP contribution is -2.46. The SMILES string of the molecule is C[C@H]1OC2(CCCCC2)[C@@H](c2ccc(N3CCC(C=O)CC3)cc2)c2ccc(O)cc21. The highest BCUT2D eigenvalue weighted by atomic mass is 16.5. The normalized spacial score (nSPS) is 25.9. The van der Waals surface area contributed by atoms with E-state index in [1.165, 1.54) is 36.1 Å². The van der Waals surface area contributed by atoms with E-state index in [9.17, 15) is 9.90 Å². The largest absolute Gasteiger partial charge is 0.508 e. The van der Waals surface area contributed by atoms with Gasteiger partial charge in [-0.25, -0.2) is 0 Å². The van der Waals surface area contributed by atoms with Crippen molar-refractivity contribution in [1.82, 2.24) is 0 Å². The van der Waals surface area contributed by atoms with Gasteiger partial charge in [0, 0.05) is 30.6 Å². The molecule has 2 heterocycles. The van der Waals surface area contributed by atoms with Gasteiger partial charge in [0.25, 0.3) is 0 Å². The Labute approximate surface area is 185 Å². The second-order valence-corrected chi connectivity index (χ2v) is 9.68. The van der Waals surface area contributed by atoms with Gasteiger partial charge in [-0.15, -0.1) is 0 Å². The van der Waals surface area contributed by atoms with Crippen molar-refractivity contribution in [2.45, 2.75) is 69.5 Å². The van der Waals surface area contributed by atoms with E-state index in [2.05, 4.69) is 42.2 Å². The topological polar surface area (TPSA) is 49.8 Å². The number of hydrogen-bond donors (Lipinski definition) is 1. The molecule has 2 fully saturated rings. The van der Waals surface area contributed by atoms with Crippen LogP contribution in [0.3, 0.4) is 0 Å². The van der Waals surface area contributed by atoms with Crippen molar-refractivity contribution in [3.8, 4) is 5.75 Å². The van der Waals surface area contributed by atoms with Crippen molar-refractivity contribution in [2.75, 3.05) is 18.0 Å². The predicted octanol–water partition coefficient (Wildman–Crippen LogP) is 5.73. The standard InChI is InChI=1S/C27H33NO3/c1-19-25-17-23(30)9-10-24(25)26(27(31-19)13-3-2-4-14-27)21-5-7-22(8-6-21)28-15-11-20(18-29)12-16-28/h5-10,17-20,26,30H,2-4,11-16H2,1H3/t19-,26+/m1/s1. The molecule has 1 aliphatic carbocycles. The number of carbonyl (C=O) groups excluding carboxylic acids is 1. The Morgan fingerprint density at radius 1 is 1.00 bits per heavy atom. The summed E-state index contributed by atoms with van der Waals surface area (Å²) < 4.78 is 6.78. The van der Waals surface area contributed by atoms with Gasteiger partial charge in [0.15, 0.2) is 0 Å². The molecule has 2 aromatic rings. The highest BCUT2D eigenvalue weighted by molar-refractivity contribution is 5.56. The number of phenols is 1. The van der Waals surface area contributed by atoms with Gasteiger partial charge in [-0.05, 0) is 73.6 Å². The zero-order valence-corrected chi connectivity index (χ0v) is 18.4. The molecule has 0 unspecified atom stereocenters. The third-order valence-corrected chi connectivity index (χ3v) is 7.78. The third-order valence-electron chi connectivity index (χ3n) is 7.78. The Bertz CT molecular complexity index is 924. The number of hydrogen-bond acceptors (Lipinski definition) is 4. The summed E-state index contributed by atoms with van der Waals surface area (Å²) in [4.78, 5) is 13.5. The minimum atomic E-state index is -0.161. The van der Waals surface area contributed by atoms with Crippen LogP contribution in [0.25, 0.3) is 0 Å². The fraction of sp³-hybridized carbons (Fsp3) is 0.519. The van der Waals surface area contributed by atoms with Crippen LogP contribution in [0, 0.1) is 5.92 Å². The van der Waals surface area contributed by atoms with Crippen LogP contribution in [0.5, 0.6) is 5.75 Å². The summed E-state index contributed by atoms with van der Waals surface area (Å²) in [6.45, 7) is 4.01. The van der Waals surface area contributed by atoms with Crippen molar-refractivity contribution in [3.63, 3.8) is 0 Å². The van der Waals surface area contributed by atoms with Gasteiger partial charge < -0.3 is 19.5 Å². The average Bonchev–Trinajstić information content (AvgIpc) is 2.81.